The first-order chi connectivity index (χ1) is 15.3. The Morgan fingerprint density at radius 3 is 2.50 bits per heavy atom. The largest absolute Gasteiger partial charge is 0.389 e. The van der Waals surface area contributed by atoms with Gasteiger partial charge in [-0.15, -0.1) is 5.92 Å². The summed E-state index contributed by atoms with van der Waals surface area (Å²) >= 11 is 0. The molecule has 3 nitrogen and oxygen atoms in total. The minimum Gasteiger partial charge on any atom is -0.389 e. The van der Waals surface area contributed by atoms with Gasteiger partial charge >= 0.3 is 0 Å². The van der Waals surface area contributed by atoms with Gasteiger partial charge in [-0.25, -0.2) is 0 Å². The van der Waals surface area contributed by atoms with Gasteiger partial charge in [-0.1, -0.05) is 36.6 Å². The third kappa shape index (κ3) is 3.18. The highest BCUT2D eigenvalue weighted by Crippen LogP contribution is 2.66. The highest BCUT2D eigenvalue weighted by molar-refractivity contribution is 5.52. The minimum atomic E-state index is -0.899. The maximum absolute atomic E-state index is 11.7. The third-order valence-electron chi connectivity index (χ3n) is 9.16. The molecular weight excluding hydrogens is 394 g/mol. The quantitative estimate of drug-likeness (QED) is 0.633. The van der Waals surface area contributed by atoms with Crippen molar-refractivity contribution in [2.24, 2.45) is 17.3 Å². The molecule has 4 aliphatic carbocycles. The molecule has 1 aromatic rings. The van der Waals surface area contributed by atoms with Gasteiger partial charge in [-0.3, -0.25) is 0 Å². The monoisotopic (exact) mass is 431 g/mol. The van der Waals surface area contributed by atoms with E-state index in [4.69, 9.17) is 0 Å². The van der Waals surface area contributed by atoms with Gasteiger partial charge in [0.15, 0.2) is 0 Å². The molecular formula is C29H37NO2. The summed E-state index contributed by atoms with van der Waals surface area (Å²) in [6.07, 6.45) is 8.58. The summed E-state index contributed by atoms with van der Waals surface area (Å²) in [6.45, 7) is 4.17. The number of rotatable bonds is 2. The van der Waals surface area contributed by atoms with Crippen LogP contribution in [0.4, 0.5) is 5.69 Å². The number of hydrogen-bond donors (Lipinski definition) is 2. The lowest BCUT2D eigenvalue weighted by Crippen LogP contribution is -2.51. The van der Waals surface area contributed by atoms with Crippen LogP contribution in [-0.4, -0.2) is 36.0 Å². The van der Waals surface area contributed by atoms with E-state index in [9.17, 15) is 10.2 Å². The van der Waals surface area contributed by atoms with Crippen LogP contribution in [0.5, 0.6) is 0 Å². The molecule has 2 N–H and O–H groups in total. The van der Waals surface area contributed by atoms with Gasteiger partial charge < -0.3 is 15.1 Å². The Hall–Kier alpha value is -2.02. The molecule has 1 aromatic carbocycles. The zero-order valence-electron chi connectivity index (χ0n) is 20.0. The van der Waals surface area contributed by atoms with Crippen LogP contribution in [0.25, 0.3) is 0 Å². The Bertz CT molecular complexity index is 1020. The van der Waals surface area contributed by atoms with Crippen LogP contribution in [-0.2, 0) is 0 Å². The van der Waals surface area contributed by atoms with Crippen LogP contribution in [0.3, 0.4) is 0 Å². The van der Waals surface area contributed by atoms with E-state index in [2.05, 4.69) is 68.1 Å². The maximum atomic E-state index is 11.7. The lowest BCUT2D eigenvalue weighted by atomic mass is 9.51. The normalized spacial score (nSPS) is 38.1. The first-order valence-corrected chi connectivity index (χ1v) is 12.3. The molecule has 170 valence electrons. The first kappa shape index (κ1) is 21.8. The molecule has 0 saturated heterocycles. The Labute approximate surface area is 193 Å². The van der Waals surface area contributed by atoms with Crippen molar-refractivity contribution in [3.05, 3.63) is 52.6 Å². The van der Waals surface area contributed by atoms with Crippen molar-refractivity contribution in [2.45, 2.75) is 76.4 Å². The van der Waals surface area contributed by atoms with Crippen molar-refractivity contribution in [1.29, 1.82) is 0 Å². The Kier molecular flexibility index (Phi) is 5.31. The number of hydrogen-bond acceptors (Lipinski definition) is 3. The summed E-state index contributed by atoms with van der Waals surface area (Å²) in [7, 11) is 4.16. The number of anilines is 1. The molecule has 32 heavy (non-hydrogen) atoms. The van der Waals surface area contributed by atoms with Crippen molar-refractivity contribution in [3.63, 3.8) is 0 Å². The number of nitrogens with zero attached hydrogens (tertiary/aromatic N) is 1. The molecule has 0 aromatic heterocycles. The van der Waals surface area contributed by atoms with Crippen LogP contribution in [0.2, 0.25) is 0 Å². The third-order valence-corrected chi connectivity index (χ3v) is 9.16. The number of aliphatic hydroxyl groups is 2. The van der Waals surface area contributed by atoms with Gasteiger partial charge in [-0.2, -0.15) is 0 Å². The van der Waals surface area contributed by atoms with Crippen molar-refractivity contribution >= 4 is 5.69 Å². The smallest absolute Gasteiger partial charge is 0.131 e. The summed E-state index contributed by atoms with van der Waals surface area (Å²) in [5.74, 6) is 7.58. The van der Waals surface area contributed by atoms with Crippen LogP contribution < -0.4 is 4.90 Å². The SMILES string of the molecule is CC#C[C@@]1(O)CC[C@@H]2[C@@H]3CCC4=C[C@H](O)CCC4=C3[C@H](c3ccc(N(C)C)cc3)C[C@@]21C. The standard InChI is InChI=1S/C29H37NO2/c1-5-15-29(32)16-14-26-24-12-8-20-17-22(31)11-13-23(20)27(24)25(18-28(26,29)2)19-6-9-21(10-7-19)30(3)4/h6-7,9-10,17,22,24-26,31-32H,8,11-14,16,18H2,1-4H3/t22-,24+,25+,26-,28+,29-/m1/s1. The summed E-state index contributed by atoms with van der Waals surface area (Å²) in [5.41, 5.74) is 5.98. The van der Waals surface area contributed by atoms with Crippen LogP contribution in [0, 0.1) is 29.1 Å². The second-order valence-electron chi connectivity index (χ2n) is 10.9. The number of benzene rings is 1. The van der Waals surface area contributed by atoms with E-state index in [1.54, 1.807) is 5.57 Å². The summed E-state index contributed by atoms with van der Waals surface area (Å²) in [6, 6.07) is 9.04. The van der Waals surface area contributed by atoms with Crippen molar-refractivity contribution in [2.75, 3.05) is 19.0 Å². The fraction of sp³-hybridized carbons (Fsp3) is 0.586. The predicted molar refractivity (Wildman–Crippen MR) is 130 cm³/mol. The molecule has 4 aliphatic rings. The van der Waals surface area contributed by atoms with Crippen LogP contribution in [0.15, 0.2) is 47.1 Å². The number of allylic oxidation sites excluding steroid dienone is 3. The first-order valence-electron chi connectivity index (χ1n) is 12.3. The fourth-order valence-electron chi connectivity index (χ4n) is 7.50. The molecule has 0 amide bonds. The van der Waals surface area contributed by atoms with Gasteiger partial charge in [0, 0.05) is 31.1 Å². The zero-order valence-corrected chi connectivity index (χ0v) is 20.0. The molecule has 2 saturated carbocycles. The van der Waals surface area contributed by atoms with Gasteiger partial charge in [0.2, 0.25) is 0 Å². The maximum Gasteiger partial charge on any atom is 0.131 e. The molecule has 0 spiro atoms. The molecule has 0 bridgehead atoms. The average Bonchev–Trinajstić information content (AvgIpc) is 3.03. The molecule has 0 aliphatic heterocycles. The van der Waals surface area contributed by atoms with E-state index < -0.39 is 5.60 Å². The van der Waals surface area contributed by atoms with Gasteiger partial charge in [0.25, 0.3) is 0 Å². The Balaban J connectivity index is 1.66. The van der Waals surface area contributed by atoms with E-state index in [0.29, 0.717) is 17.8 Å². The van der Waals surface area contributed by atoms with Crippen molar-refractivity contribution in [3.8, 4) is 11.8 Å². The van der Waals surface area contributed by atoms with E-state index >= 15 is 0 Å². The molecule has 0 unspecified atom stereocenters. The van der Waals surface area contributed by atoms with E-state index in [0.717, 1.165) is 44.9 Å². The summed E-state index contributed by atoms with van der Waals surface area (Å²) < 4.78 is 0. The highest BCUT2D eigenvalue weighted by Gasteiger charge is 2.62. The van der Waals surface area contributed by atoms with Crippen LogP contribution in [0.1, 0.15) is 70.3 Å². The number of aliphatic hydroxyl groups excluding tert-OH is 1. The molecule has 5 rings (SSSR count). The lowest BCUT2D eigenvalue weighted by Gasteiger charge is -2.54. The second kappa shape index (κ2) is 7.79. The van der Waals surface area contributed by atoms with E-state index in [-0.39, 0.29) is 11.5 Å². The van der Waals surface area contributed by atoms with E-state index in [1.165, 1.54) is 22.4 Å². The summed E-state index contributed by atoms with van der Waals surface area (Å²) in [5, 5.41) is 22.0. The molecule has 0 heterocycles. The lowest BCUT2D eigenvalue weighted by molar-refractivity contribution is -0.0514. The van der Waals surface area contributed by atoms with Crippen molar-refractivity contribution in [1.82, 2.24) is 0 Å². The van der Waals surface area contributed by atoms with E-state index in [1.807, 2.05) is 6.92 Å². The Morgan fingerprint density at radius 1 is 1.06 bits per heavy atom. The fourth-order valence-corrected chi connectivity index (χ4v) is 7.50. The Morgan fingerprint density at radius 2 is 1.81 bits per heavy atom. The number of fused-ring (bicyclic) bond motifs is 4. The molecule has 2 fully saturated rings. The highest BCUT2D eigenvalue weighted by atomic mass is 16.3. The molecule has 0 radical (unpaired) electrons. The van der Waals surface area contributed by atoms with Gasteiger partial charge in [-0.05, 0) is 92.5 Å². The molecule has 6 atom stereocenters. The van der Waals surface area contributed by atoms with Crippen LogP contribution >= 0.6 is 0 Å². The zero-order chi connectivity index (χ0) is 22.7. The summed E-state index contributed by atoms with van der Waals surface area (Å²) in [4.78, 5) is 2.14. The minimum absolute atomic E-state index is 0.203. The average molecular weight is 432 g/mol. The van der Waals surface area contributed by atoms with Gasteiger partial charge in [0.1, 0.15) is 5.60 Å². The molecule has 3 heteroatoms. The van der Waals surface area contributed by atoms with Gasteiger partial charge in [0.05, 0.1) is 6.10 Å². The second-order valence-corrected chi connectivity index (χ2v) is 10.9. The predicted octanol–water partition coefficient (Wildman–Crippen LogP) is 5.20. The topological polar surface area (TPSA) is 43.7 Å². The van der Waals surface area contributed by atoms with Crippen molar-refractivity contribution < 1.29 is 10.2 Å².